The van der Waals surface area contributed by atoms with Gasteiger partial charge in [0, 0.05) is 0 Å². The fourth-order valence-electron chi connectivity index (χ4n) is 0.913. The molecule has 0 fully saturated rings. The quantitative estimate of drug-likeness (QED) is 0.584. The number of thiol groups is 1. The van der Waals surface area contributed by atoms with Gasteiger partial charge in [0.15, 0.2) is 0 Å². The van der Waals surface area contributed by atoms with Crippen LogP contribution in [-0.2, 0) is 0 Å². The standard InChI is InChI=1S/C8H7N5S/c14-8-10-11-12-13(8)9-6-7-4-2-1-3-5-7/h1-6H,(H,10,12,14). The summed E-state index contributed by atoms with van der Waals surface area (Å²) in [6, 6.07) is 9.68. The normalized spacial score (nSPS) is 10.9. The van der Waals surface area contributed by atoms with Crippen molar-refractivity contribution in [2.45, 2.75) is 5.16 Å². The van der Waals surface area contributed by atoms with Crippen LogP contribution in [0.4, 0.5) is 0 Å². The Balaban J connectivity index is 2.20. The minimum atomic E-state index is 0.359. The highest BCUT2D eigenvalue weighted by atomic mass is 32.1. The molecule has 2 rings (SSSR count). The third kappa shape index (κ3) is 1.97. The summed E-state index contributed by atoms with van der Waals surface area (Å²) in [5.41, 5.74) is 0.982. The number of nitrogens with zero attached hydrogens (tertiary/aromatic N) is 5. The summed E-state index contributed by atoms with van der Waals surface area (Å²) in [6.07, 6.45) is 1.66. The first kappa shape index (κ1) is 8.89. The molecule has 0 radical (unpaired) electrons. The Morgan fingerprint density at radius 2 is 2.07 bits per heavy atom. The summed E-state index contributed by atoms with van der Waals surface area (Å²) >= 11 is 4.01. The van der Waals surface area contributed by atoms with Gasteiger partial charge in [-0.05, 0) is 16.0 Å². The van der Waals surface area contributed by atoms with Crippen LogP contribution in [0.15, 0.2) is 40.6 Å². The molecule has 2 aromatic rings. The second kappa shape index (κ2) is 4.01. The van der Waals surface area contributed by atoms with Crippen LogP contribution in [-0.4, -0.2) is 26.5 Å². The van der Waals surface area contributed by atoms with Crippen molar-refractivity contribution in [3.8, 4) is 0 Å². The van der Waals surface area contributed by atoms with Crippen molar-refractivity contribution in [1.29, 1.82) is 0 Å². The second-order valence-electron chi connectivity index (χ2n) is 2.52. The zero-order valence-corrected chi connectivity index (χ0v) is 8.04. The van der Waals surface area contributed by atoms with E-state index in [-0.39, 0.29) is 0 Å². The smallest absolute Gasteiger partial charge is 0.154 e. The summed E-state index contributed by atoms with van der Waals surface area (Å²) in [4.78, 5) is 1.25. The maximum atomic E-state index is 4.02. The van der Waals surface area contributed by atoms with Crippen molar-refractivity contribution >= 4 is 18.8 Å². The molecular formula is C8H7N5S. The summed E-state index contributed by atoms with van der Waals surface area (Å²) in [5.74, 6) is 0. The van der Waals surface area contributed by atoms with Crippen molar-refractivity contribution in [2.75, 3.05) is 0 Å². The lowest BCUT2D eigenvalue weighted by Crippen LogP contribution is -1.93. The van der Waals surface area contributed by atoms with Gasteiger partial charge < -0.3 is 0 Å². The molecule has 70 valence electrons. The van der Waals surface area contributed by atoms with E-state index < -0.39 is 0 Å². The zero-order chi connectivity index (χ0) is 9.80. The predicted molar refractivity (Wildman–Crippen MR) is 54.5 cm³/mol. The summed E-state index contributed by atoms with van der Waals surface area (Å²) in [6.45, 7) is 0. The van der Waals surface area contributed by atoms with Gasteiger partial charge >= 0.3 is 0 Å². The fourth-order valence-corrected chi connectivity index (χ4v) is 1.04. The van der Waals surface area contributed by atoms with Gasteiger partial charge in [0.25, 0.3) is 0 Å². The van der Waals surface area contributed by atoms with E-state index in [0.717, 1.165) is 5.56 Å². The number of aromatic nitrogens is 4. The van der Waals surface area contributed by atoms with Crippen LogP contribution in [0.25, 0.3) is 0 Å². The van der Waals surface area contributed by atoms with Crippen molar-refractivity contribution in [3.05, 3.63) is 35.9 Å². The van der Waals surface area contributed by atoms with Gasteiger partial charge in [0.2, 0.25) is 5.16 Å². The lowest BCUT2D eigenvalue weighted by Gasteiger charge is -1.91. The fraction of sp³-hybridized carbons (Fsp3) is 0. The maximum Gasteiger partial charge on any atom is 0.230 e. The van der Waals surface area contributed by atoms with Gasteiger partial charge in [-0.15, -0.1) is 4.79 Å². The number of rotatable bonds is 2. The van der Waals surface area contributed by atoms with E-state index in [1.165, 1.54) is 4.79 Å². The minimum Gasteiger partial charge on any atom is -0.154 e. The van der Waals surface area contributed by atoms with E-state index in [1.54, 1.807) is 6.21 Å². The third-order valence-electron chi connectivity index (χ3n) is 1.55. The maximum absolute atomic E-state index is 4.02. The lowest BCUT2D eigenvalue weighted by atomic mass is 10.2. The minimum absolute atomic E-state index is 0.359. The van der Waals surface area contributed by atoms with Crippen LogP contribution in [0.3, 0.4) is 0 Å². The molecule has 0 saturated heterocycles. The molecular weight excluding hydrogens is 198 g/mol. The molecule has 0 atom stereocenters. The Morgan fingerprint density at radius 1 is 1.29 bits per heavy atom. The van der Waals surface area contributed by atoms with Crippen molar-refractivity contribution < 1.29 is 0 Å². The topological polar surface area (TPSA) is 56.0 Å². The SMILES string of the molecule is Sc1nnnn1N=Cc1ccccc1. The Morgan fingerprint density at radius 3 is 2.71 bits per heavy atom. The second-order valence-corrected chi connectivity index (χ2v) is 2.92. The lowest BCUT2D eigenvalue weighted by molar-refractivity contribution is 0.648. The largest absolute Gasteiger partial charge is 0.230 e. The highest BCUT2D eigenvalue weighted by Crippen LogP contribution is 1.98. The van der Waals surface area contributed by atoms with Crippen molar-refractivity contribution in [1.82, 2.24) is 20.3 Å². The molecule has 0 unspecified atom stereocenters. The van der Waals surface area contributed by atoms with Gasteiger partial charge in [-0.25, -0.2) is 0 Å². The molecule has 0 bridgehead atoms. The van der Waals surface area contributed by atoms with E-state index in [4.69, 9.17) is 0 Å². The number of hydrogen-bond donors (Lipinski definition) is 1. The van der Waals surface area contributed by atoms with Gasteiger partial charge in [-0.1, -0.05) is 48.1 Å². The molecule has 14 heavy (non-hydrogen) atoms. The monoisotopic (exact) mass is 205 g/mol. The number of hydrogen-bond acceptors (Lipinski definition) is 5. The Bertz CT molecular complexity index is 436. The van der Waals surface area contributed by atoms with Crippen LogP contribution in [0.2, 0.25) is 0 Å². The molecule has 1 heterocycles. The molecule has 0 amide bonds. The van der Waals surface area contributed by atoms with Crippen molar-refractivity contribution in [2.24, 2.45) is 5.10 Å². The molecule has 0 aliphatic heterocycles. The molecule has 5 nitrogen and oxygen atoms in total. The number of tetrazole rings is 1. The molecule has 0 N–H and O–H groups in total. The molecule has 1 aromatic carbocycles. The first-order valence-electron chi connectivity index (χ1n) is 3.93. The van der Waals surface area contributed by atoms with Gasteiger partial charge in [-0.2, -0.15) is 5.10 Å². The van der Waals surface area contributed by atoms with E-state index in [9.17, 15) is 0 Å². The van der Waals surface area contributed by atoms with Gasteiger partial charge in [0.1, 0.15) is 0 Å². The van der Waals surface area contributed by atoms with E-state index in [0.29, 0.717) is 5.16 Å². The molecule has 0 aliphatic rings. The summed E-state index contributed by atoms with van der Waals surface area (Å²) in [7, 11) is 0. The molecule has 6 heteroatoms. The van der Waals surface area contributed by atoms with E-state index >= 15 is 0 Å². The predicted octanol–water partition coefficient (Wildman–Crippen LogP) is 0.844. The van der Waals surface area contributed by atoms with Crippen LogP contribution in [0.5, 0.6) is 0 Å². The van der Waals surface area contributed by atoms with Crippen LogP contribution < -0.4 is 0 Å². The third-order valence-corrected chi connectivity index (χ3v) is 1.82. The van der Waals surface area contributed by atoms with Crippen LogP contribution >= 0.6 is 12.6 Å². The molecule has 0 spiro atoms. The first-order valence-corrected chi connectivity index (χ1v) is 4.38. The average molecular weight is 205 g/mol. The number of benzene rings is 1. The Labute approximate surface area is 85.9 Å². The summed E-state index contributed by atoms with van der Waals surface area (Å²) in [5, 5.41) is 15.0. The first-order chi connectivity index (χ1) is 6.86. The average Bonchev–Trinajstić information content (AvgIpc) is 2.63. The highest BCUT2D eigenvalue weighted by Gasteiger charge is 1.95. The van der Waals surface area contributed by atoms with E-state index in [2.05, 4.69) is 33.3 Å². The summed E-state index contributed by atoms with van der Waals surface area (Å²) < 4.78 is 0. The zero-order valence-electron chi connectivity index (χ0n) is 7.15. The highest BCUT2D eigenvalue weighted by molar-refractivity contribution is 7.80. The van der Waals surface area contributed by atoms with Crippen LogP contribution in [0.1, 0.15) is 5.56 Å². The van der Waals surface area contributed by atoms with Crippen LogP contribution in [0, 0.1) is 0 Å². The van der Waals surface area contributed by atoms with Gasteiger partial charge in [0.05, 0.1) is 6.21 Å². The van der Waals surface area contributed by atoms with Crippen molar-refractivity contribution in [3.63, 3.8) is 0 Å². The molecule has 1 aromatic heterocycles. The molecule has 0 saturated carbocycles. The Kier molecular flexibility index (Phi) is 2.55. The van der Waals surface area contributed by atoms with E-state index in [1.807, 2.05) is 30.3 Å². The van der Waals surface area contributed by atoms with Gasteiger partial charge in [-0.3, -0.25) is 0 Å². The Hall–Kier alpha value is -1.69. The molecule has 0 aliphatic carbocycles.